The lowest BCUT2D eigenvalue weighted by atomic mass is 9.70. The van der Waals surface area contributed by atoms with Crippen LogP contribution < -0.4 is 10.6 Å². The van der Waals surface area contributed by atoms with E-state index in [4.69, 9.17) is 0 Å². The van der Waals surface area contributed by atoms with Crippen molar-refractivity contribution in [3.63, 3.8) is 0 Å². The van der Waals surface area contributed by atoms with Gasteiger partial charge in [-0.1, -0.05) is 27.7 Å². The largest absolute Gasteiger partial charge is 0.308 e. The monoisotopic (exact) mass is 250 g/mol. The fourth-order valence-corrected chi connectivity index (χ4v) is 4.48. The van der Waals surface area contributed by atoms with Crippen LogP contribution in [0.5, 0.6) is 0 Å². The van der Waals surface area contributed by atoms with E-state index >= 15 is 0 Å². The Kier molecular flexibility index (Phi) is 3.44. The summed E-state index contributed by atoms with van der Waals surface area (Å²) in [5, 5.41) is 7.99. The van der Waals surface area contributed by atoms with E-state index in [0.29, 0.717) is 0 Å². The first-order valence-electron chi connectivity index (χ1n) is 8.06. The molecule has 2 aliphatic carbocycles. The molecule has 18 heavy (non-hydrogen) atoms. The summed E-state index contributed by atoms with van der Waals surface area (Å²) in [5.74, 6) is 3.54. The smallest absolute Gasteiger partial charge is 0.0227 e. The van der Waals surface area contributed by atoms with Crippen LogP contribution in [0, 0.1) is 23.7 Å². The lowest BCUT2D eigenvalue weighted by molar-refractivity contribution is 0.0664. The highest BCUT2D eigenvalue weighted by atomic mass is 15.2. The molecule has 3 fully saturated rings. The number of fused-ring (bicyclic) bond motifs is 2. The Balaban J connectivity index is 1.69. The first-order valence-corrected chi connectivity index (χ1v) is 8.06. The summed E-state index contributed by atoms with van der Waals surface area (Å²) in [6.45, 7) is 9.72. The molecule has 3 rings (SSSR count). The molecule has 0 aromatic heterocycles. The zero-order valence-electron chi connectivity index (χ0n) is 12.4. The highest BCUT2D eigenvalue weighted by molar-refractivity contribution is 5.04. The summed E-state index contributed by atoms with van der Waals surface area (Å²) in [6, 6.07) is 2.94. The Morgan fingerprint density at radius 1 is 0.500 bits per heavy atom. The van der Waals surface area contributed by atoms with E-state index in [1.165, 1.54) is 25.7 Å². The molecule has 0 bridgehead atoms. The van der Waals surface area contributed by atoms with E-state index in [2.05, 4.69) is 38.3 Å². The highest BCUT2D eigenvalue weighted by Gasteiger charge is 2.43. The normalized spacial score (nSPS) is 56.7. The topological polar surface area (TPSA) is 24.1 Å². The number of nitrogens with one attached hydrogen (secondary N) is 2. The van der Waals surface area contributed by atoms with Gasteiger partial charge in [0.2, 0.25) is 0 Å². The van der Waals surface area contributed by atoms with Gasteiger partial charge in [-0.15, -0.1) is 0 Å². The second-order valence-corrected chi connectivity index (χ2v) is 7.61. The first kappa shape index (κ1) is 12.9. The molecule has 0 spiro atoms. The maximum atomic E-state index is 4.00. The molecule has 2 nitrogen and oxygen atoms in total. The summed E-state index contributed by atoms with van der Waals surface area (Å²) >= 11 is 0. The molecule has 1 heterocycles. The number of piperazine rings is 1. The molecule has 0 aromatic rings. The van der Waals surface area contributed by atoms with Crippen LogP contribution >= 0.6 is 0 Å². The Morgan fingerprint density at radius 2 is 0.722 bits per heavy atom. The predicted octanol–water partition coefficient (Wildman–Crippen LogP) is 2.79. The van der Waals surface area contributed by atoms with Gasteiger partial charge in [0.25, 0.3) is 0 Å². The van der Waals surface area contributed by atoms with Crippen LogP contribution in [0.4, 0.5) is 0 Å². The van der Waals surface area contributed by atoms with E-state index in [9.17, 15) is 0 Å². The quantitative estimate of drug-likeness (QED) is 0.691. The first-order chi connectivity index (χ1) is 8.54. The van der Waals surface area contributed by atoms with Crippen molar-refractivity contribution in [3.8, 4) is 0 Å². The van der Waals surface area contributed by atoms with Crippen LogP contribution in [0.3, 0.4) is 0 Å². The lowest BCUT2D eigenvalue weighted by Gasteiger charge is -2.52. The average Bonchev–Trinajstić information content (AvgIpc) is 2.31. The Morgan fingerprint density at radius 3 is 0.944 bits per heavy atom. The van der Waals surface area contributed by atoms with Crippen LogP contribution in [0.1, 0.15) is 53.4 Å². The van der Waals surface area contributed by atoms with Gasteiger partial charge in [-0.25, -0.2) is 0 Å². The van der Waals surface area contributed by atoms with Crippen molar-refractivity contribution < 1.29 is 0 Å². The molecule has 0 amide bonds. The minimum absolute atomic E-state index is 0.734. The van der Waals surface area contributed by atoms with Crippen LogP contribution in [-0.2, 0) is 0 Å². The summed E-state index contributed by atoms with van der Waals surface area (Å²) in [7, 11) is 0. The van der Waals surface area contributed by atoms with Crippen molar-refractivity contribution in [2.24, 2.45) is 23.7 Å². The standard InChI is InChI=1S/C16H30N2/c1-9-5-13-14(6-10(9)2)18-16-8-12(4)11(3)7-15(16)17-13/h9-18H,5-8H2,1-4H3/t9-,10+,11+,12-,13?,14?,15?,16?. The molecule has 1 saturated heterocycles. The van der Waals surface area contributed by atoms with E-state index in [1.807, 2.05) is 0 Å². The van der Waals surface area contributed by atoms with Gasteiger partial charge in [0, 0.05) is 24.2 Å². The van der Waals surface area contributed by atoms with Crippen molar-refractivity contribution in [3.05, 3.63) is 0 Å². The molecule has 1 aliphatic heterocycles. The van der Waals surface area contributed by atoms with Crippen LogP contribution in [-0.4, -0.2) is 24.2 Å². The molecule has 8 atom stereocenters. The average molecular weight is 250 g/mol. The van der Waals surface area contributed by atoms with Gasteiger partial charge in [0.05, 0.1) is 0 Å². The van der Waals surface area contributed by atoms with Gasteiger partial charge in [-0.05, 0) is 49.4 Å². The second-order valence-electron chi connectivity index (χ2n) is 7.61. The van der Waals surface area contributed by atoms with Gasteiger partial charge < -0.3 is 10.6 Å². The van der Waals surface area contributed by atoms with Gasteiger partial charge in [0.1, 0.15) is 0 Å². The molecule has 2 heteroatoms. The Bertz CT molecular complexity index is 245. The highest BCUT2D eigenvalue weighted by Crippen LogP contribution is 2.37. The molecule has 4 unspecified atom stereocenters. The summed E-state index contributed by atoms with van der Waals surface area (Å²) < 4.78 is 0. The molecule has 104 valence electrons. The molecule has 0 radical (unpaired) electrons. The van der Waals surface area contributed by atoms with Gasteiger partial charge >= 0.3 is 0 Å². The molecular weight excluding hydrogens is 220 g/mol. The third-order valence-corrected chi connectivity index (χ3v) is 6.27. The SMILES string of the molecule is C[C@@H]1CC2NC3C[C@H](C)[C@H](C)CC3NC2C[C@@H]1C. The van der Waals surface area contributed by atoms with Gasteiger partial charge in [-0.3, -0.25) is 0 Å². The van der Waals surface area contributed by atoms with E-state index in [0.717, 1.165) is 47.8 Å². The van der Waals surface area contributed by atoms with Crippen molar-refractivity contribution in [2.45, 2.75) is 77.5 Å². The van der Waals surface area contributed by atoms with Crippen LogP contribution in [0.2, 0.25) is 0 Å². The maximum absolute atomic E-state index is 4.00. The maximum Gasteiger partial charge on any atom is 0.0227 e. The summed E-state index contributed by atoms with van der Waals surface area (Å²) in [6.07, 6.45) is 5.47. The van der Waals surface area contributed by atoms with Crippen molar-refractivity contribution in [1.82, 2.24) is 10.6 Å². The number of hydrogen-bond acceptors (Lipinski definition) is 2. The zero-order chi connectivity index (χ0) is 12.9. The van der Waals surface area contributed by atoms with Crippen molar-refractivity contribution in [1.29, 1.82) is 0 Å². The minimum atomic E-state index is 0.734. The number of rotatable bonds is 0. The third kappa shape index (κ3) is 2.22. The van der Waals surface area contributed by atoms with E-state index < -0.39 is 0 Å². The second kappa shape index (κ2) is 4.79. The minimum Gasteiger partial charge on any atom is -0.308 e. The molecule has 2 N–H and O–H groups in total. The van der Waals surface area contributed by atoms with Crippen molar-refractivity contribution >= 4 is 0 Å². The summed E-state index contributed by atoms with van der Waals surface area (Å²) in [5.41, 5.74) is 0. The predicted molar refractivity (Wildman–Crippen MR) is 76.5 cm³/mol. The fourth-order valence-electron chi connectivity index (χ4n) is 4.48. The lowest BCUT2D eigenvalue weighted by Crippen LogP contribution is -2.69. The molecule has 3 aliphatic rings. The molecular formula is C16H30N2. The summed E-state index contributed by atoms with van der Waals surface area (Å²) in [4.78, 5) is 0. The van der Waals surface area contributed by atoms with Crippen LogP contribution in [0.15, 0.2) is 0 Å². The Labute approximate surface area is 112 Å². The van der Waals surface area contributed by atoms with Crippen molar-refractivity contribution in [2.75, 3.05) is 0 Å². The van der Waals surface area contributed by atoms with Gasteiger partial charge in [-0.2, -0.15) is 0 Å². The third-order valence-electron chi connectivity index (χ3n) is 6.27. The van der Waals surface area contributed by atoms with Crippen LogP contribution in [0.25, 0.3) is 0 Å². The molecule has 0 aromatic carbocycles. The molecule has 2 saturated carbocycles. The zero-order valence-corrected chi connectivity index (χ0v) is 12.4. The van der Waals surface area contributed by atoms with E-state index in [-0.39, 0.29) is 0 Å². The Hall–Kier alpha value is -0.0800. The van der Waals surface area contributed by atoms with Gasteiger partial charge in [0.15, 0.2) is 0 Å². The van der Waals surface area contributed by atoms with E-state index in [1.54, 1.807) is 0 Å². The number of hydrogen-bond donors (Lipinski definition) is 2. The fraction of sp³-hybridized carbons (Fsp3) is 1.00.